The van der Waals surface area contributed by atoms with E-state index in [2.05, 4.69) is 77.9 Å². The minimum absolute atomic E-state index is 0.876. The van der Waals surface area contributed by atoms with Crippen LogP contribution in [0.15, 0.2) is 46.4 Å². The molecule has 0 unspecified atom stereocenters. The molecule has 144 valence electrons. The summed E-state index contributed by atoms with van der Waals surface area (Å²) in [7, 11) is 0. The Morgan fingerprint density at radius 1 is 0.593 bits per heavy atom. The minimum Gasteiger partial charge on any atom is -0.252 e. The van der Waals surface area contributed by atoms with Crippen LogP contribution in [-0.2, 0) is 25.7 Å². The van der Waals surface area contributed by atoms with Gasteiger partial charge in [0, 0.05) is 0 Å². The van der Waals surface area contributed by atoms with Crippen molar-refractivity contribution >= 4 is 22.8 Å². The lowest BCUT2D eigenvalue weighted by atomic mass is 10.0. The molecule has 2 rings (SSSR count). The van der Waals surface area contributed by atoms with Crippen molar-refractivity contribution in [2.75, 3.05) is 0 Å². The van der Waals surface area contributed by atoms with E-state index >= 15 is 0 Å². The molecule has 2 heteroatoms. The summed E-state index contributed by atoms with van der Waals surface area (Å²) in [6.07, 6.45) is 5.02. The second kappa shape index (κ2) is 10.2. The van der Waals surface area contributed by atoms with Gasteiger partial charge >= 0.3 is 0 Å². The third-order valence-electron chi connectivity index (χ3n) is 5.02. The molecule has 0 amide bonds. The van der Waals surface area contributed by atoms with E-state index in [4.69, 9.17) is 9.98 Å². The summed E-state index contributed by atoms with van der Waals surface area (Å²) >= 11 is 0. The van der Waals surface area contributed by atoms with Gasteiger partial charge in [0.15, 0.2) is 0 Å². The molecule has 27 heavy (non-hydrogen) atoms. The zero-order chi connectivity index (χ0) is 19.8. The number of aliphatic imine (C=N–C) groups is 2. The molecule has 0 heterocycles. The molecule has 0 aliphatic rings. The lowest BCUT2D eigenvalue weighted by Crippen LogP contribution is -2.08. The Bertz CT molecular complexity index is 784. The zero-order valence-corrected chi connectivity index (χ0v) is 17.9. The normalized spacial score (nSPS) is 12.5. The molecule has 2 nitrogen and oxygen atoms in total. The van der Waals surface area contributed by atoms with Crippen molar-refractivity contribution in [1.29, 1.82) is 0 Å². The first kappa shape index (κ1) is 21.1. The Kier molecular flexibility index (Phi) is 7.97. The first-order valence-electron chi connectivity index (χ1n) is 10.4. The fourth-order valence-electron chi connectivity index (χ4n) is 3.26. The van der Waals surface area contributed by atoms with E-state index in [9.17, 15) is 0 Å². The van der Waals surface area contributed by atoms with Crippen LogP contribution in [0.1, 0.15) is 70.2 Å². The Labute approximate surface area is 165 Å². The van der Waals surface area contributed by atoms with Gasteiger partial charge in [-0.3, -0.25) is 9.98 Å². The molecule has 0 bridgehead atoms. The van der Waals surface area contributed by atoms with Crippen molar-refractivity contribution in [1.82, 2.24) is 0 Å². The zero-order valence-electron chi connectivity index (χ0n) is 17.9. The first-order valence-corrected chi connectivity index (χ1v) is 10.4. The highest BCUT2D eigenvalue weighted by Gasteiger charge is 2.06. The average Bonchev–Trinajstić information content (AvgIpc) is 2.70. The smallest absolute Gasteiger partial charge is 0.0639 e. The van der Waals surface area contributed by atoms with Crippen molar-refractivity contribution in [3.63, 3.8) is 0 Å². The van der Waals surface area contributed by atoms with E-state index in [-0.39, 0.29) is 0 Å². The molecule has 2 aromatic carbocycles. The molecular formula is C25H34N2. The predicted octanol–water partition coefficient (Wildman–Crippen LogP) is 7.21. The van der Waals surface area contributed by atoms with Crippen LogP contribution in [0.4, 0.5) is 11.4 Å². The molecule has 0 saturated heterocycles. The van der Waals surface area contributed by atoms with Crippen LogP contribution in [0, 0.1) is 0 Å². The van der Waals surface area contributed by atoms with Gasteiger partial charge in [0.05, 0.1) is 22.8 Å². The molecule has 0 radical (unpaired) electrons. The standard InChI is InChI=1S/C25H34N2/c1-7-19-12-20(8-2)15-23(14-19)26-18(6)25(11-5)27-24-16-21(9-3)13-22(10-4)17-24/h12-17H,7-11H2,1-6H3. The number of benzene rings is 2. The third-order valence-corrected chi connectivity index (χ3v) is 5.02. The SMILES string of the molecule is CCC(=Nc1cc(CC)cc(CC)c1)C(C)=Nc1cc(CC)cc(CC)c1. The second-order valence-electron chi connectivity index (χ2n) is 7.04. The predicted molar refractivity (Wildman–Crippen MR) is 121 cm³/mol. The van der Waals surface area contributed by atoms with Crippen LogP contribution in [0.2, 0.25) is 0 Å². The van der Waals surface area contributed by atoms with Gasteiger partial charge in [-0.05, 0) is 85.5 Å². The fourth-order valence-corrected chi connectivity index (χ4v) is 3.26. The highest BCUT2D eigenvalue weighted by atomic mass is 14.8. The molecular weight excluding hydrogens is 328 g/mol. The Balaban J connectivity index is 2.42. The lowest BCUT2D eigenvalue weighted by Gasteiger charge is -2.09. The molecule has 0 spiro atoms. The van der Waals surface area contributed by atoms with Crippen LogP contribution in [0.3, 0.4) is 0 Å². The number of hydrogen-bond acceptors (Lipinski definition) is 2. The van der Waals surface area contributed by atoms with E-state index in [1.807, 2.05) is 0 Å². The molecule has 0 saturated carbocycles. The van der Waals surface area contributed by atoms with Crippen molar-refractivity contribution in [3.05, 3.63) is 58.7 Å². The van der Waals surface area contributed by atoms with Crippen molar-refractivity contribution in [3.8, 4) is 0 Å². The third kappa shape index (κ3) is 5.89. The van der Waals surface area contributed by atoms with E-state index < -0.39 is 0 Å². The van der Waals surface area contributed by atoms with E-state index in [0.717, 1.165) is 54.9 Å². The molecule has 0 N–H and O–H groups in total. The van der Waals surface area contributed by atoms with Crippen LogP contribution in [0.25, 0.3) is 0 Å². The summed E-state index contributed by atoms with van der Waals surface area (Å²) in [6, 6.07) is 13.4. The summed E-state index contributed by atoms with van der Waals surface area (Å²) < 4.78 is 0. The minimum atomic E-state index is 0.876. The van der Waals surface area contributed by atoms with Gasteiger partial charge in [0.1, 0.15) is 0 Å². The summed E-state index contributed by atoms with van der Waals surface area (Å²) in [6.45, 7) is 13.0. The first-order chi connectivity index (χ1) is 13.0. The highest BCUT2D eigenvalue weighted by molar-refractivity contribution is 6.42. The van der Waals surface area contributed by atoms with E-state index in [1.54, 1.807) is 0 Å². The number of nitrogens with zero attached hydrogens (tertiary/aromatic N) is 2. The second-order valence-corrected chi connectivity index (χ2v) is 7.04. The van der Waals surface area contributed by atoms with Gasteiger partial charge in [-0.1, -0.05) is 46.8 Å². The summed E-state index contributed by atoms with van der Waals surface area (Å²) in [5.41, 5.74) is 9.55. The Morgan fingerprint density at radius 3 is 1.30 bits per heavy atom. The molecule has 0 aromatic heterocycles. The summed E-state index contributed by atoms with van der Waals surface area (Å²) in [4.78, 5) is 9.88. The maximum atomic E-state index is 4.96. The summed E-state index contributed by atoms with van der Waals surface area (Å²) in [5, 5.41) is 0. The van der Waals surface area contributed by atoms with Crippen LogP contribution in [0.5, 0.6) is 0 Å². The fraction of sp³-hybridized carbons (Fsp3) is 0.440. The monoisotopic (exact) mass is 362 g/mol. The quantitative estimate of drug-likeness (QED) is 0.443. The van der Waals surface area contributed by atoms with Crippen molar-refractivity contribution < 1.29 is 0 Å². The van der Waals surface area contributed by atoms with Gasteiger partial charge < -0.3 is 0 Å². The van der Waals surface area contributed by atoms with Crippen LogP contribution in [-0.4, -0.2) is 11.4 Å². The lowest BCUT2D eigenvalue weighted by molar-refractivity contribution is 1.08. The topological polar surface area (TPSA) is 24.7 Å². The van der Waals surface area contributed by atoms with Crippen molar-refractivity contribution in [2.24, 2.45) is 9.98 Å². The van der Waals surface area contributed by atoms with Gasteiger partial charge in [-0.2, -0.15) is 0 Å². The summed E-state index contributed by atoms with van der Waals surface area (Å²) in [5.74, 6) is 0. The Hall–Kier alpha value is -2.22. The molecule has 0 aliphatic heterocycles. The van der Waals surface area contributed by atoms with Gasteiger partial charge in [-0.15, -0.1) is 0 Å². The molecule has 2 aromatic rings. The van der Waals surface area contributed by atoms with Crippen molar-refractivity contribution in [2.45, 2.75) is 73.6 Å². The van der Waals surface area contributed by atoms with E-state index in [0.29, 0.717) is 0 Å². The van der Waals surface area contributed by atoms with Gasteiger partial charge in [0.2, 0.25) is 0 Å². The maximum absolute atomic E-state index is 4.96. The molecule has 0 fully saturated rings. The van der Waals surface area contributed by atoms with Gasteiger partial charge in [-0.25, -0.2) is 0 Å². The van der Waals surface area contributed by atoms with Crippen LogP contribution >= 0.6 is 0 Å². The Morgan fingerprint density at radius 2 is 0.963 bits per heavy atom. The number of aryl methyl sites for hydroxylation is 4. The largest absolute Gasteiger partial charge is 0.252 e. The molecule has 0 aliphatic carbocycles. The van der Waals surface area contributed by atoms with Gasteiger partial charge in [0.25, 0.3) is 0 Å². The maximum Gasteiger partial charge on any atom is 0.0639 e. The molecule has 0 atom stereocenters. The highest BCUT2D eigenvalue weighted by Crippen LogP contribution is 2.22. The number of hydrogen-bond donors (Lipinski definition) is 0. The van der Waals surface area contributed by atoms with Crippen LogP contribution < -0.4 is 0 Å². The number of rotatable bonds is 8. The van der Waals surface area contributed by atoms with E-state index in [1.165, 1.54) is 22.3 Å². The average molecular weight is 363 g/mol.